The van der Waals surface area contributed by atoms with Crippen molar-refractivity contribution in [2.45, 2.75) is 58.8 Å². The molecule has 20 heavy (non-hydrogen) atoms. The summed E-state index contributed by atoms with van der Waals surface area (Å²) >= 11 is 0. The van der Waals surface area contributed by atoms with Crippen molar-refractivity contribution in [1.29, 1.82) is 0 Å². The van der Waals surface area contributed by atoms with Gasteiger partial charge in [-0.25, -0.2) is 0 Å². The highest BCUT2D eigenvalue weighted by Gasteiger charge is 2.51. The number of furan rings is 1. The van der Waals surface area contributed by atoms with E-state index in [1.54, 1.807) is 0 Å². The van der Waals surface area contributed by atoms with E-state index in [0.717, 1.165) is 41.3 Å². The number of carbonyl (C=O) groups is 1. The van der Waals surface area contributed by atoms with Crippen molar-refractivity contribution in [2.75, 3.05) is 0 Å². The van der Waals surface area contributed by atoms with E-state index < -0.39 is 0 Å². The number of ketones is 1. The van der Waals surface area contributed by atoms with Gasteiger partial charge in [-0.05, 0) is 81.6 Å². The molecule has 0 N–H and O–H groups in total. The zero-order valence-electron chi connectivity index (χ0n) is 12.6. The molecule has 4 fully saturated rings. The fourth-order valence-corrected chi connectivity index (χ4v) is 5.85. The van der Waals surface area contributed by atoms with Crippen LogP contribution in [-0.2, 0) is 0 Å². The molecule has 0 atom stereocenters. The summed E-state index contributed by atoms with van der Waals surface area (Å²) in [4.78, 5) is 12.7. The standard InChI is InChI=1S/C18H24O2/c1-11-3-16(12(2)20-11)17(19)10-18-7-13-4-14(8-18)6-15(5-13)9-18/h3,13-15H,4-10H2,1-2H3. The Hall–Kier alpha value is -1.05. The van der Waals surface area contributed by atoms with Gasteiger partial charge >= 0.3 is 0 Å². The molecule has 1 heterocycles. The minimum Gasteiger partial charge on any atom is -0.466 e. The van der Waals surface area contributed by atoms with Gasteiger partial charge in [0, 0.05) is 6.42 Å². The highest BCUT2D eigenvalue weighted by molar-refractivity contribution is 5.97. The molecule has 2 heteroatoms. The van der Waals surface area contributed by atoms with Crippen molar-refractivity contribution in [3.05, 3.63) is 23.2 Å². The average Bonchev–Trinajstić information content (AvgIpc) is 2.66. The predicted octanol–water partition coefficient (Wildman–Crippen LogP) is 4.69. The van der Waals surface area contributed by atoms with Gasteiger partial charge in [0.15, 0.2) is 5.78 Å². The maximum atomic E-state index is 12.7. The van der Waals surface area contributed by atoms with E-state index in [-0.39, 0.29) is 0 Å². The Morgan fingerprint density at radius 2 is 1.70 bits per heavy atom. The van der Waals surface area contributed by atoms with Crippen molar-refractivity contribution in [2.24, 2.45) is 23.2 Å². The third-order valence-corrected chi connectivity index (χ3v) is 6.04. The van der Waals surface area contributed by atoms with Crippen molar-refractivity contribution in [3.63, 3.8) is 0 Å². The zero-order chi connectivity index (χ0) is 13.9. The SMILES string of the molecule is Cc1cc(C(=O)CC23CC4CC(CC(C4)C2)C3)c(C)o1. The van der Waals surface area contributed by atoms with Gasteiger partial charge in [0.05, 0.1) is 5.56 Å². The molecule has 4 bridgehead atoms. The molecule has 4 aliphatic carbocycles. The van der Waals surface area contributed by atoms with Gasteiger partial charge in [-0.15, -0.1) is 0 Å². The number of hydrogen-bond donors (Lipinski definition) is 0. The molecule has 1 aromatic rings. The van der Waals surface area contributed by atoms with Crippen LogP contribution in [0.3, 0.4) is 0 Å². The molecule has 0 saturated heterocycles. The number of Topliss-reactive ketones (excluding diaryl/α,β-unsaturated/α-hetero) is 1. The summed E-state index contributed by atoms with van der Waals surface area (Å²) < 4.78 is 5.54. The molecule has 2 nitrogen and oxygen atoms in total. The van der Waals surface area contributed by atoms with E-state index in [4.69, 9.17) is 4.42 Å². The van der Waals surface area contributed by atoms with Gasteiger partial charge in [-0.3, -0.25) is 4.79 Å². The average molecular weight is 272 g/mol. The molecule has 0 spiro atoms. The van der Waals surface area contributed by atoms with Crippen LogP contribution < -0.4 is 0 Å². The van der Waals surface area contributed by atoms with Crippen LogP contribution in [0.2, 0.25) is 0 Å². The maximum Gasteiger partial charge on any atom is 0.166 e. The largest absolute Gasteiger partial charge is 0.466 e. The molecular formula is C18H24O2. The highest BCUT2D eigenvalue weighted by atomic mass is 16.3. The lowest BCUT2D eigenvalue weighted by Crippen LogP contribution is -2.46. The van der Waals surface area contributed by atoms with E-state index in [1.165, 1.54) is 38.5 Å². The summed E-state index contributed by atoms with van der Waals surface area (Å²) in [7, 11) is 0. The second-order valence-corrected chi connectivity index (χ2v) is 7.84. The van der Waals surface area contributed by atoms with E-state index in [2.05, 4.69) is 0 Å². The molecule has 0 unspecified atom stereocenters. The summed E-state index contributed by atoms with van der Waals surface area (Å²) in [6.45, 7) is 3.84. The first kappa shape index (κ1) is 12.7. The van der Waals surface area contributed by atoms with Crippen molar-refractivity contribution >= 4 is 5.78 Å². The lowest BCUT2D eigenvalue weighted by atomic mass is 9.48. The Morgan fingerprint density at radius 3 is 2.15 bits per heavy atom. The van der Waals surface area contributed by atoms with Crippen molar-refractivity contribution < 1.29 is 9.21 Å². The van der Waals surface area contributed by atoms with E-state index >= 15 is 0 Å². The van der Waals surface area contributed by atoms with Crippen LogP contribution in [-0.4, -0.2) is 5.78 Å². The minimum atomic E-state index is 0.321. The molecule has 0 radical (unpaired) electrons. The summed E-state index contributed by atoms with van der Waals surface area (Å²) in [5.41, 5.74) is 1.17. The van der Waals surface area contributed by atoms with Gasteiger partial charge in [0.2, 0.25) is 0 Å². The molecule has 4 saturated carbocycles. The van der Waals surface area contributed by atoms with Gasteiger partial charge in [-0.2, -0.15) is 0 Å². The van der Waals surface area contributed by atoms with Crippen LogP contribution >= 0.6 is 0 Å². The Morgan fingerprint density at radius 1 is 1.15 bits per heavy atom. The Balaban J connectivity index is 1.57. The first-order chi connectivity index (χ1) is 9.53. The first-order valence-electron chi connectivity index (χ1n) is 8.13. The van der Waals surface area contributed by atoms with Gasteiger partial charge < -0.3 is 4.42 Å². The van der Waals surface area contributed by atoms with Gasteiger partial charge in [0.1, 0.15) is 11.5 Å². The first-order valence-corrected chi connectivity index (χ1v) is 8.13. The molecular weight excluding hydrogens is 248 g/mol. The molecule has 4 aliphatic rings. The third kappa shape index (κ3) is 1.96. The van der Waals surface area contributed by atoms with Crippen LogP contribution in [0, 0.1) is 37.0 Å². The normalized spacial score (nSPS) is 38.4. The monoisotopic (exact) mass is 272 g/mol. The lowest BCUT2D eigenvalue weighted by molar-refractivity contribution is -0.0524. The fourth-order valence-electron chi connectivity index (χ4n) is 5.85. The second-order valence-electron chi connectivity index (χ2n) is 7.84. The summed E-state index contributed by atoms with van der Waals surface area (Å²) in [6.07, 6.45) is 9.00. The van der Waals surface area contributed by atoms with Crippen LogP contribution in [0.5, 0.6) is 0 Å². The number of aryl methyl sites for hydroxylation is 2. The minimum absolute atomic E-state index is 0.321. The van der Waals surface area contributed by atoms with E-state index in [0.29, 0.717) is 11.2 Å². The van der Waals surface area contributed by atoms with Crippen LogP contribution in [0.1, 0.15) is 66.8 Å². The zero-order valence-corrected chi connectivity index (χ0v) is 12.6. The van der Waals surface area contributed by atoms with Crippen molar-refractivity contribution in [3.8, 4) is 0 Å². The van der Waals surface area contributed by atoms with Gasteiger partial charge in [-0.1, -0.05) is 0 Å². The predicted molar refractivity (Wildman–Crippen MR) is 77.7 cm³/mol. The highest BCUT2D eigenvalue weighted by Crippen LogP contribution is 2.61. The topological polar surface area (TPSA) is 30.2 Å². The fraction of sp³-hybridized carbons (Fsp3) is 0.722. The lowest BCUT2D eigenvalue weighted by Gasteiger charge is -2.56. The Labute approximate surface area is 120 Å². The number of carbonyl (C=O) groups excluding carboxylic acids is 1. The third-order valence-electron chi connectivity index (χ3n) is 6.04. The molecule has 0 amide bonds. The molecule has 5 rings (SSSR count). The van der Waals surface area contributed by atoms with Crippen molar-refractivity contribution in [1.82, 2.24) is 0 Å². The summed E-state index contributed by atoms with van der Waals surface area (Å²) in [6, 6.07) is 1.93. The smallest absolute Gasteiger partial charge is 0.166 e. The molecule has 1 aromatic heterocycles. The quantitative estimate of drug-likeness (QED) is 0.747. The molecule has 108 valence electrons. The number of hydrogen-bond acceptors (Lipinski definition) is 2. The molecule has 0 aromatic carbocycles. The van der Waals surface area contributed by atoms with E-state index in [9.17, 15) is 4.79 Å². The summed E-state index contributed by atoms with van der Waals surface area (Å²) in [5, 5.41) is 0. The van der Waals surface area contributed by atoms with E-state index in [1.807, 2.05) is 19.9 Å². The number of rotatable bonds is 3. The summed E-state index contributed by atoms with van der Waals surface area (Å²) in [5.74, 6) is 4.73. The Kier molecular flexibility index (Phi) is 2.68. The van der Waals surface area contributed by atoms with Crippen LogP contribution in [0.25, 0.3) is 0 Å². The van der Waals surface area contributed by atoms with Gasteiger partial charge in [0.25, 0.3) is 0 Å². The Bertz CT molecular complexity index is 516. The molecule has 0 aliphatic heterocycles. The van der Waals surface area contributed by atoms with Crippen LogP contribution in [0.4, 0.5) is 0 Å². The van der Waals surface area contributed by atoms with Crippen LogP contribution in [0.15, 0.2) is 10.5 Å². The second kappa shape index (κ2) is 4.22. The maximum absolute atomic E-state index is 12.7.